The minimum atomic E-state index is -0.213. The maximum absolute atomic E-state index is 13.8. The van der Waals surface area contributed by atoms with Crippen LogP contribution in [0.4, 0.5) is 5.95 Å². The normalized spacial score (nSPS) is 18.9. The minimum absolute atomic E-state index is 0.0648. The fraction of sp³-hybridized carbons (Fsp3) is 0.455. The molecule has 2 unspecified atom stereocenters. The first-order valence-electron chi connectivity index (χ1n) is 10.5. The lowest BCUT2D eigenvalue weighted by Gasteiger charge is -2.33. The van der Waals surface area contributed by atoms with E-state index in [0.717, 1.165) is 31.1 Å². The van der Waals surface area contributed by atoms with Crippen molar-refractivity contribution in [3.8, 4) is 17.0 Å². The number of ether oxygens (including phenoxy) is 2. The summed E-state index contributed by atoms with van der Waals surface area (Å²) in [5, 5.41) is 10.00. The number of nitrogens with two attached hydrogens (primary N) is 1. The van der Waals surface area contributed by atoms with E-state index in [9.17, 15) is 9.90 Å². The Balaban J connectivity index is 1.95. The van der Waals surface area contributed by atoms with Crippen LogP contribution < -0.4 is 16.0 Å². The minimum Gasteiger partial charge on any atom is -0.481 e. The molecule has 3 aromatic heterocycles. The quantitative estimate of drug-likeness (QED) is 0.616. The van der Waals surface area contributed by atoms with Gasteiger partial charge in [-0.2, -0.15) is 4.98 Å². The zero-order chi connectivity index (χ0) is 22.0. The number of hydrogen-bond acceptors (Lipinski definition) is 8. The molecule has 1 aliphatic carbocycles. The molecule has 3 aromatic rings. The Morgan fingerprint density at radius 3 is 2.77 bits per heavy atom. The number of aromatic nitrogens is 4. The van der Waals surface area contributed by atoms with E-state index >= 15 is 0 Å². The molecule has 1 fully saturated rings. The molecule has 0 saturated heterocycles. The first-order chi connectivity index (χ1) is 15.0. The van der Waals surface area contributed by atoms with Crippen molar-refractivity contribution in [2.45, 2.75) is 44.8 Å². The monoisotopic (exact) mass is 425 g/mol. The molecule has 0 radical (unpaired) electrons. The van der Waals surface area contributed by atoms with Crippen molar-refractivity contribution in [1.82, 2.24) is 19.5 Å². The summed E-state index contributed by atoms with van der Waals surface area (Å²) in [5.74, 6) is 0.600. The molecule has 1 aliphatic rings. The van der Waals surface area contributed by atoms with E-state index in [2.05, 4.69) is 15.0 Å². The number of pyridine rings is 2. The number of fused-ring (bicyclic) bond motifs is 1. The Labute approximate surface area is 179 Å². The predicted octanol–water partition coefficient (Wildman–Crippen LogP) is 2.25. The second-order valence-electron chi connectivity index (χ2n) is 7.71. The van der Waals surface area contributed by atoms with Gasteiger partial charge in [-0.1, -0.05) is 12.8 Å². The average molecular weight is 425 g/mol. The van der Waals surface area contributed by atoms with Gasteiger partial charge in [-0.15, -0.1) is 0 Å². The Hall–Kier alpha value is -3.04. The number of anilines is 1. The van der Waals surface area contributed by atoms with E-state index in [4.69, 9.17) is 15.2 Å². The highest BCUT2D eigenvalue weighted by Crippen LogP contribution is 2.33. The summed E-state index contributed by atoms with van der Waals surface area (Å²) in [5.41, 5.74) is 8.15. The molecule has 9 heteroatoms. The first kappa shape index (κ1) is 21.2. The highest BCUT2D eigenvalue weighted by molar-refractivity contribution is 5.84. The second-order valence-corrected chi connectivity index (χ2v) is 7.71. The lowest BCUT2D eigenvalue weighted by atomic mass is 9.91. The van der Waals surface area contributed by atoms with Crippen molar-refractivity contribution < 1.29 is 14.6 Å². The van der Waals surface area contributed by atoms with E-state index < -0.39 is 0 Å². The highest BCUT2D eigenvalue weighted by Gasteiger charge is 2.31. The van der Waals surface area contributed by atoms with Crippen LogP contribution in [0.1, 0.15) is 37.4 Å². The van der Waals surface area contributed by atoms with E-state index in [-0.39, 0.29) is 36.9 Å². The fourth-order valence-corrected chi connectivity index (χ4v) is 4.32. The lowest BCUT2D eigenvalue weighted by Crippen LogP contribution is -2.38. The zero-order valence-corrected chi connectivity index (χ0v) is 17.7. The van der Waals surface area contributed by atoms with Crippen LogP contribution in [0.3, 0.4) is 0 Å². The third kappa shape index (κ3) is 4.11. The summed E-state index contributed by atoms with van der Waals surface area (Å²) in [6, 6.07) is 5.13. The Kier molecular flexibility index (Phi) is 6.15. The van der Waals surface area contributed by atoms with Crippen molar-refractivity contribution >= 4 is 17.0 Å². The van der Waals surface area contributed by atoms with Crippen LogP contribution in [0.25, 0.3) is 22.2 Å². The molecule has 164 valence electrons. The van der Waals surface area contributed by atoms with Gasteiger partial charge in [0.25, 0.3) is 5.56 Å². The Morgan fingerprint density at radius 1 is 1.26 bits per heavy atom. The summed E-state index contributed by atoms with van der Waals surface area (Å²) in [7, 11) is 1.55. The number of aliphatic hydroxyl groups excluding tert-OH is 1. The number of aryl methyl sites for hydroxylation is 1. The molecular weight excluding hydrogens is 398 g/mol. The van der Waals surface area contributed by atoms with E-state index in [0.29, 0.717) is 28.3 Å². The van der Waals surface area contributed by atoms with Crippen LogP contribution >= 0.6 is 0 Å². The van der Waals surface area contributed by atoms with Crippen LogP contribution in [-0.2, 0) is 4.74 Å². The van der Waals surface area contributed by atoms with Crippen molar-refractivity contribution in [1.29, 1.82) is 0 Å². The third-order valence-corrected chi connectivity index (χ3v) is 5.78. The number of hydrogen-bond donors (Lipinski definition) is 2. The summed E-state index contributed by atoms with van der Waals surface area (Å²) in [4.78, 5) is 26.8. The molecule has 0 aliphatic heterocycles. The average Bonchev–Trinajstić information content (AvgIpc) is 2.78. The zero-order valence-electron chi connectivity index (χ0n) is 17.7. The SMILES string of the molecule is COc1ccc(-c2cc3c(C)nc(N)nc3n(C3CCCCC3OCCO)c2=O)cn1. The molecule has 9 nitrogen and oxygen atoms in total. The molecule has 2 atom stereocenters. The van der Waals surface area contributed by atoms with Crippen LogP contribution in [0.5, 0.6) is 5.88 Å². The van der Waals surface area contributed by atoms with Crippen LogP contribution in [0, 0.1) is 6.92 Å². The van der Waals surface area contributed by atoms with Crippen LogP contribution in [0.2, 0.25) is 0 Å². The van der Waals surface area contributed by atoms with Gasteiger partial charge >= 0.3 is 0 Å². The van der Waals surface area contributed by atoms with Crippen molar-refractivity contribution in [3.05, 3.63) is 40.4 Å². The van der Waals surface area contributed by atoms with Gasteiger partial charge in [0.1, 0.15) is 5.65 Å². The molecule has 0 aromatic carbocycles. The topological polar surface area (TPSA) is 125 Å². The molecule has 0 amide bonds. The molecular formula is C22H27N5O4. The fourth-order valence-electron chi connectivity index (χ4n) is 4.32. The molecule has 0 bridgehead atoms. The van der Waals surface area contributed by atoms with Crippen LogP contribution in [0.15, 0.2) is 29.2 Å². The van der Waals surface area contributed by atoms with E-state index in [1.54, 1.807) is 30.0 Å². The lowest BCUT2D eigenvalue weighted by molar-refractivity contribution is -0.0203. The number of nitrogens with zero attached hydrogens (tertiary/aromatic N) is 4. The number of aliphatic hydroxyl groups is 1. The number of nitrogen functional groups attached to an aromatic ring is 1. The largest absolute Gasteiger partial charge is 0.481 e. The first-order valence-corrected chi connectivity index (χ1v) is 10.5. The van der Waals surface area contributed by atoms with Gasteiger partial charge < -0.3 is 20.3 Å². The van der Waals surface area contributed by atoms with Gasteiger partial charge in [0.05, 0.1) is 38.2 Å². The van der Waals surface area contributed by atoms with Gasteiger partial charge in [0.2, 0.25) is 11.8 Å². The second kappa shape index (κ2) is 8.99. The Bertz CT molecular complexity index is 1130. The summed E-state index contributed by atoms with van der Waals surface area (Å²) >= 11 is 0. The van der Waals surface area contributed by atoms with Crippen molar-refractivity contribution in [2.24, 2.45) is 0 Å². The molecule has 3 heterocycles. The van der Waals surface area contributed by atoms with Crippen molar-refractivity contribution in [2.75, 3.05) is 26.1 Å². The van der Waals surface area contributed by atoms with E-state index in [1.165, 1.54) is 0 Å². The number of methoxy groups -OCH3 is 1. The van der Waals surface area contributed by atoms with Gasteiger partial charge in [-0.3, -0.25) is 9.36 Å². The molecule has 4 rings (SSSR count). The van der Waals surface area contributed by atoms with E-state index in [1.807, 2.05) is 13.0 Å². The predicted molar refractivity (Wildman–Crippen MR) is 117 cm³/mol. The summed E-state index contributed by atoms with van der Waals surface area (Å²) < 4.78 is 12.8. The smallest absolute Gasteiger partial charge is 0.260 e. The van der Waals surface area contributed by atoms with Gasteiger partial charge in [-0.05, 0) is 31.9 Å². The third-order valence-electron chi connectivity index (χ3n) is 5.78. The molecule has 3 N–H and O–H groups in total. The van der Waals surface area contributed by atoms with Gasteiger partial charge in [0.15, 0.2) is 0 Å². The Morgan fingerprint density at radius 2 is 2.06 bits per heavy atom. The highest BCUT2D eigenvalue weighted by atomic mass is 16.5. The van der Waals surface area contributed by atoms with Gasteiger partial charge in [0, 0.05) is 28.8 Å². The molecule has 1 saturated carbocycles. The number of rotatable bonds is 6. The van der Waals surface area contributed by atoms with Crippen molar-refractivity contribution in [3.63, 3.8) is 0 Å². The van der Waals surface area contributed by atoms with Gasteiger partial charge in [-0.25, -0.2) is 9.97 Å². The molecule has 0 spiro atoms. The summed E-state index contributed by atoms with van der Waals surface area (Å²) in [6.07, 6.45) is 5.01. The standard InChI is InChI=1S/C22H27N5O4/c1-13-15-11-16(14-7-8-19(30-2)24-12-14)21(29)27(20(15)26-22(23)25-13)17-5-3-4-6-18(17)31-10-9-28/h7-8,11-12,17-18,28H,3-6,9-10H2,1-2H3,(H2,23,25,26). The van der Waals surface area contributed by atoms with Crippen LogP contribution in [-0.4, -0.2) is 51.1 Å². The molecule has 31 heavy (non-hydrogen) atoms. The maximum Gasteiger partial charge on any atom is 0.260 e. The maximum atomic E-state index is 13.8. The summed E-state index contributed by atoms with van der Waals surface area (Å²) in [6.45, 7) is 2.02.